The first-order valence-corrected chi connectivity index (χ1v) is 7.48. The summed E-state index contributed by atoms with van der Waals surface area (Å²) in [5.41, 5.74) is 0. The maximum absolute atomic E-state index is 12.0. The molecule has 0 radical (unpaired) electrons. The second-order valence-electron chi connectivity index (χ2n) is 6.73. The van der Waals surface area contributed by atoms with Gasteiger partial charge in [0.1, 0.15) is 6.04 Å². The number of hydrogen-bond donors (Lipinski definition) is 2. The second-order valence-corrected chi connectivity index (χ2v) is 6.73. The van der Waals surface area contributed by atoms with Crippen molar-refractivity contribution in [3.05, 3.63) is 0 Å². The van der Waals surface area contributed by atoms with E-state index >= 15 is 0 Å². The van der Waals surface area contributed by atoms with Crippen LogP contribution in [0, 0.1) is 23.7 Å². The summed E-state index contributed by atoms with van der Waals surface area (Å²) in [6, 6.07) is -0.730. The molecule has 0 saturated heterocycles. The van der Waals surface area contributed by atoms with E-state index in [9.17, 15) is 9.59 Å². The first-order chi connectivity index (χ1) is 8.95. The molecule has 2 saturated carbocycles. The van der Waals surface area contributed by atoms with Crippen LogP contribution >= 0.6 is 0 Å². The van der Waals surface area contributed by atoms with Crippen molar-refractivity contribution in [2.75, 3.05) is 0 Å². The number of aliphatic carboxylic acids is 1. The van der Waals surface area contributed by atoms with Crippen molar-refractivity contribution in [2.24, 2.45) is 23.7 Å². The molecule has 2 N–H and O–H groups in total. The molecular weight excluding hydrogens is 242 g/mol. The highest BCUT2D eigenvalue weighted by Crippen LogP contribution is 2.49. The Morgan fingerprint density at radius 2 is 2.00 bits per heavy atom. The van der Waals surface area contributed by atoms with Gasteiger partial charge in [-0.25, -0.2) is 4.79 Å². The summed E-state index contributed by atoms with van der Waals surface area (Å²) in [5, 5.41) is 11.8. The van der Waals surface area contributed by atoms with E-state index in [-0.39, 0.29) is 11.8 Å². The van der Waals surface area contributed by atoms with Crippen molar-refractivity contribution < 1.29 is 14.7 Å². The molecule has 0 aromatic rings. The van der Waals surface area contributed by atoms with Crippen LogP contribution < -0.4 is 5.32 Å². The summed E-state index contributed by atoms with van der Waals surface area (Å²) < 4.78 is 0. The molecule has 2 aliphatic carbocycles. The van der Waals surface area contributed by atoms with Gasteiger partial charge in [-0.05, 0) is 49.4 Å². The van der Waals surface area contributed by atoms with E-state index < -0.39 is 12.0 Å². The SMILES string of the molecule is CC(C)CC(NC(=O)CC1CC2CCC1C2)C(=O)O. The number of fused-ring (bicyclic) bond motifs is 2. The number of carbonyl (C=O) groups is 2. The van der Waals surface area contributed by atoms with Gasteiger partial charge in [-0.3, -0.25) is 4.79 Å². The van der Waals surface area contributed by atoms with Gasteiger partial charge < -0.3 is 10.4 Å². The number of nitrogens with one attached hydrogen (secondary N) is 1. The third-order valence-corrected chi connectivity index (χ3v) is 4.67. The Morgan fingerprint density at radius 1 is 1.26 bits per heavy atom. The molecule has 0 aromatic carbocycles. The zero-order valence-corrected chi connectivity index (χ0v) is 11.9. The van der Waals surface area contributed by atoms with Gasteiger partial charge in [-0.1, -0.05) is 20.3 Å². The number of hydrogen-bond acceptors (Lipinski definition) is 2. The highest BCUT2D eigenvalue weighted by Gasteiger charge is 2.40. The molecule has 0 heterocycles. The van der Waals surface area contributed by atoms with Crippen LogP contribution in [0.15, 0.2) is 0 Å². The van der Waals surface area contributed by atoms with E-state index in [1.165, 1.54) is 25.7 Å². The Labute approximate surface area is 115 Å². The topological polar surface area (TPSA) is 66.4 Å². The summed E-state index contributed by atoms with van der Waals surface area (Å²) >= 11 is 0. The predicted octanol–water partition coefficient (Wildman–Crippen LogP) is 2.43. The number of amides is 1. The Kier molecular flexibility index (Phi) is 4.48. The molecule has 2 aliphatic rings. The minimum Gasteiger partial charge on any atom is -0.480 e. The van der Waals surface area contributed by atoms with Crippen LogP contribution in [-0.4, -0.2) is 23.0 Å². The first kappa shape index (κ1) is 14.4. The van der Waals surface area contributed by atoms with Crippen LogP contribution in [-0.2, 0) is 9.59 Å². The lowest BCUT2D eigenvalue weighted by Crippen LogP contribution is -2.42. The number of carbonyl (C=O) groups excluding carboxylic acids is 1. The summed E-state index contributed by atoms with van der Waals surface area (Å²) in [7, 11) is 0. The normalized spacial score (nSPS) is 30.6. The van der Waals surface area contributed by atoms with Gasteiger partial charge in [0.15, 0.2) is 0 Å². The average molecular weight is 267 g/mol. The molecule has 4 atom stereocenters. The minimum absolute atomic E-state index is 0.0781. The number of rotatable bonds is 6. The fourth-order valence-electron chi connectivity index (χ4n) is 3.81. The molecule has 4 unspecified atom stereocenters. The maximum Gasteiger partial charge on any atom is 0.326 e. The molecule has 19 heavy (non-hydrogen) atoms. The van der Waals surface area contributed by atoms with Crippen molar-refractivity contribution in [2.45, 2.75) is 58.4 Å². The van der Waals surface area contributed by atoms with Crippen LogP contribution in [0.4, 0.5) is 0 Å². The van der Waals surface area contributed by atoms with Crippen molar-refractivity contribution in [1.29, 1.82) is 0 Å². The van der Waals surface area contributed by atoms with Crippen molar-refractivity contribution in [3.8, 4) is 0 Å². The quantitative estimate of drug-likeness (QED) is 0.776. The van der Waals surface area contributed by atoms with E-state index in [0.29, 0.717) is 24.7 Å². The molecular formula is C15H25NO3. The predicted molar refractivity (Wildman–Crippen MR) is 72.6 cm³/mol. The smallest absolute Gasteiger partial charge is 0.326 e. The lowest BCUT2D eigenvalue weighted by molar-refractivity contribution is -0.142. The summed E-state index contributed by atoms with van der Waals surface area (Å²) in [4.78, 5) is 23.1. The average Bonchev–Trinajstić information content (AvgIpc) is 2.89. The lowest BCUT2D eigenvalue weighted by atomic mass is 9.86. The third-order valence-electron chi connectivity index (χ3n) is 4.67. The Balaban J connectivity index is 1.81. The van der Waals surface area contributed by atoms with Crippen LogP contribution in [0.3, 0.4) is 0 Å². The van der Waals surface area contributed by atoms with E-state index in [0.717, 1.165) is 5.92 Å². The van der Waals surface area contributed by atoms with Gasteiger partial charge in [0.05, 0.1) is 0 Å². The van der Waals surface area contributed by atoms with Crippen LogP contribution in [0.1, 0.15) is 52.4 Å². The lowest BCUT2D eigenvalue weighted by Gasteiger charge is -2.22. The summed E-state index contributed by atoms with van der Waals surface area (Å²) in [6.07, 6.45) is 6.05. The molecule has 108 valence electrons. The zero-order chi connectivity index (χ0) is 14.0. The molecule has 0 aliphatic heterocycles. The standard InChI is InChI=1S/C15H25NO3/c1-9(2)5-13(15(18)19)16-14(17)8-12-7-10-3-4-11(12)6-10/h9-13H,3-8H2,1-2H3,(H,16,17)(H,18,19). The fourth-order valence-corrected chi connectivity index (χ4v) is 3.81. The maximum atomic E-state index is 12.0. The molecule has 2 rings (SSSR count). The van der Waals surface area contributed by atoms with Crippen molar-refractivity contribution >= 4 is 11.9 Å². The van der Waals surface area contributed by atoms with E-state index in [2.05, 4.69) is 5.32 Å². The van der Waals surface area contributed by atoms with Gasteiger partial charge in [0, 0.05) is 6.42 Å². The molecule has 4 heteroatoms. The van der Waals surface area contributed by atoms with Gasteiger partial charge >= 0.3 is 5.97 Å². The molecule has 2 fully saturated rings. The van der Waals surface area contributed by atoms with Crippen LogP contribution in [0.2, 0.25) is 0 Å². The first-order valence-electron chi connectivity index (χ1n) is 7.48. The highest BCUT2D eigenvalue weighted by atomic mass is 16.4. The van der Waals surface area contributed by atoms with Crippen molar-refractivity contribution in [1.82, 2.24) is 5.32 Å². The van der Waals surface area contributed by atoms with E-state index in [4.69, 9.17) is 5.11 Å². The third kappa shape index (κ3) is 3.71. The molecule has 4 nitrogen and oxygen atoms in total. The Morgan fingerprint density at radius 3 is 2.47 bits per heavy atom. The summed E-state index contributed by atoms with van der Waals surface area (Å²) in [6.45, 7) is 3.94. The van der Waals surface area contributed by atoms with Crippen molar-refractivity contribution in [3.63, 3.8) is 0 Å². The molecule has 0 spiro atoms. The number of carboxylic acid groups (broad SMARTS) is 1. The Bertz CT molecular complexity index is 353. The molecule has 2 bridgehead atoms. The number of carboxylic acids is 1. The molecule has 1 amide bonds. The Hall–Kier alpha value is -1.06. The van der Waals surface area contributed by atoms with Gasteiger partial charge in [-0.15, -0.1) is 0 Å². The fraction of sp³-hybridized carbons (Fsp3) is 0.867. The van der Waals surface area contributed by atoms with Crippen LogP contribution in [0.25, 0.3) is 0 Å². The zero-order valence-electron chi connectivity index (χ0n) is 11.9. The molecule has 0 aromatic heterocycles. The van der Waals surface area contributed by atoms with Gasteiger partial charge in [0.25, 0.3) is 0 Å². The summed E-state index contributed by atoms with van der Waals surface area (Å²) in [5.74, 6) is 1.30. The van der Waals surface area contributed by atoms with E-state index in [1.807, 2.05) is 13.8 Å². The second kappa shape index (κ2) is 5.93. The monoisotopic (exact) mass is 267 g/mol. The largest absolute Gasteiger partial charge is 0.480 e. The van der Waals surface area contributed by atoms with Crippen LogP contribution in [0.5, 0.6) is 0 Å². The minimum atomic E-state index is -0.921. The van der Waals surface area contributed by atoms with Gasteiger partial charge in [0.2, 0.25) is 5.91 Å². The van der Waals surface area contributed by atoms with Gasteiger partial charge in [-0.2, -0.15) is 0 Å². The van der Waals surface area contributed by atoms with E-state index in [1.54, 1.807) is 0 Å². The highest BCUT2D eigenvalue weighted by molar-refractivity contribution is 5.83.